The molecule has 1 saturated heterocycles. The molecule has 0 aromatic rings. The number of carbonyl (C=O) groups is 1. The van der Waals surface area contributed by atoms with Crippen molar-refractivity contribution < 1.29 is 9.90 Å². The molecule has 1 N–H and O–H groups in total. The number of aliphatic carboxylic acids is 1. The van der Waals surface area contributed by atoms with Crippen molar-refractivity contribution in [3.63, 3.8) is 0 Å². The number of nitrogens with zero attached hydrogens (tertiary/aromatic N) is 1. The van der Waals surface area contributed by atoms with Crippen LogP contribution in [0.3, 0.4) is 0 Å². The van der Waals surface area contributed by atoms with Gasteiger partial charge in [0.15, 0.2) is 0 Å². The first-order valence-electron chi connectivity index (χ1n) is 5.12. The molecule has 74 valence electrons. The Morgan fingerprint density at radius 1 is 1.54 bits per heavy atom. The Labute approximate surface area is 78.7 Å². The molecule has 3 heteroatoms. The number of hydrogen-bond acceptors (Lipinski definition) is 2. The SMILES string of the molecule is CC(C(=O)O)C1CN(CC2CC2)C1. The fourth-order valence-corrected chi connectivity index (χ4v) is 1.94. The lowest BCUT2D eigenvalue weighted by atomic mass is 9.87. The molecule has 1 atom stereocenters. The predicted molar refractivity (Wildman–Crippen MR) is 49.5 cm³/mol. The van der Waals surface area contributed by atoms with Crippen LogP contribution in [0.4, 0.5) is 0 Å². The molecule has 1 aliphatic heterocycles. The van der Waals surface area contributed by atoms with Gasteiger partial charge in [0.25, 0.3) is 0 Å². The standard InChI is InChI=1S/C10H17NO2/c1-7(10(12)13)9-5-11(6-9)4-8-2-3-8/h7-9H,2-6H2,1H3,(H,12,13). The van der Waals surface area contributed by atoms with Crippen molar-refractivity contribution in [2.45, 2.75) is 19.8 Å². The van der Waals surface area contributed by atoms with E-state index in [-0.39, 0.29) is 5.92 Å². The third-order valence-electron chi connectivity index (χ3n) is 3.30. The second kappa shape index (κ2) is 3.29. The Kier molecular flexibility index (Phi) is 2.28. The number of likely N-dealkylation sites (tertiary alicyclic amines) is 1. The van der Waals surface area contributed by atoms with Gasteiger partial charge in [-0.1, -0.05) is 6.92 Å². The molecule has 3 nitrogen and oxygen atoms in total. The molecule has 0 amide bonds. The van der Waals surface area contributed by atoms with Crippen LogP contribution in [0.5, 0.6) is 0 Å². The van der Waals surface area contributed by atoms with Crippen molar-refractivity contribution in [2.24, 2.45) is 17.8 Å². The van der Waals surface area contributed by atoms with Crippen molar-refractivity contribution in [2.75, 3.05) is 19.6 Å². The Morgan fingerprint density at radius 2 is 2.15 bits per heavy atom. The fourth-order valence-electron chi connectivity index (χ4n) is 1.94. The Morgan fingerprint density at radius 3 is 2.62 bits per heavy atom. The lowest BCUT2D eigenvalue weighted by Gasteiger charge is -2.41. The highest BCUT2D eigenvalue weighted by molar-refractivity contribution is 5.70. The number of rotatable bonds is 4. The molecule has 2 fully saturated rings. The van der Waals surface area contributed by atoms with Gasteiger partial charge in [0.05, 0.1) is 5.92 Å². The van der Waals surface area contributed by atoms with Gasteiger partial charge in [0.1, 0.15) is 0 Å². The van der Waals surface area contributed by atoms with E-state index in [9.17, 15) is 4.79 Å². The van der Waals surface area contributed by atoms with E-state index in [2.05, 4.69) is 4.90 Å². The summed E-state index contributed by atoms with van der Waals surface area (Å²) < 4.78 is 0. The summed E-state index contributed by atoms with van der Waals surface area (Å²) in [4.78, 5) is 13.0. The van der Waals surface area contributed by atoms with E-state index in [4.69, 9.17) is 5.11 Å². The summed E-state index contributed by atoms with van der Waals surface area (Å²) in [5.74, 6) is 0.531. The third-order valence-corrected chi connectivity index (χ3v) is 3.30. The van der Waals surface area contributed by atoms with Gasteiger partial charge in [-0.05, 0) is 24.7 Å². The average molecular weight is 183 g/mol. The molecule has 1 aliphatic carbocycles. The van der Waals surface area contributed by atoms with Gasteiger partial charge in [-0.25, -0.2) is 0 Å². The van der Waals surface area contributed by atoms with E-state index in [0.717, 1.165) is 19.0 Å². The lowest BCUT2D eigenvalue weighted by Crippen LogP contribution is -2.51. The molecule has 0 aromatic heterocycles. The molecular formula is C10H17NO2. The van der Waals surface area contributed by atoms with Crippen LogP contribution in [0.25, 0.3) is 0 Å². The molecule has 2 rings (SSSR count). The topological polar surface area (TPSA) is 40.5 Å². The highest BCUT2D eigenvalue weighted by atomic mass is 16.4. The van der Waals surface area contributed by atoms with Crippen LogP contribution in [-0.2, 0) is 4.79 Å². The lowest BCUT2D eigenvalue weighted by molar-refractivity contribution is -0.145. The van der Waals surface area contributed by atoms with E-state index in [0.29, 0.717) is 5.92 Å². The van der Waals surface area contributed by atoms with E-state index in [1.165, 1.54) is 19.4 Å². The number of carboxylic acid groups (broad SMARTS) is 1. The Bertz CT molecular complexity index is 207. The Balaban J connectivity index is 1.67. The van der Waals surface area contributed by atoms with Gasteiger partial charge in [0.2, 0.25) is 0 Å². The maximum atomic E-state index is 10.7. The van der Waals surface area contributed by atoms with E-state index >= 15 is 0 Å². The first-order valence-corrected chi connectivity index (χ1v) is 5.12. The fraction of sp³-hybridized carbons (Fsp3) is 0.900. The molecular weight excluding hydrogens is 166 g/mol. The summed E-state index contributed by atoms with van der Waals surface area (Å²) in [7, 11) is 0. The summed E-state index contributed by atoms with van der Waals surface area (Å²) in [6.45, 7) is 5.04. The van der Waals surface area contributed by atoms with Crippen LogP contribution >= 0.6 is 0 Å². The van der Waals surface area contributed by atoms with Crippen LogP contribution in [0.2, 0.25) is 0 Å². The van der Waals surface area contributed by atoms with Crippen LogP contribution in [-0.4, -0.2) is 35.6 Å². The minimum absolute atomic E-state index is 0.157. The molecule has 0 aromatic carbocycles. The summed E-state index contributed by atoms with van der Waals surface area (Å²) >= 11 is 0. The van der Waals surface area contributed by atoms with Gasteiger partial charge in [-0.15, -0.1) is 0 Å². The zero-order chi connectivity index (χ0) is 9.42. The van der Waals surface area contributed by atoms with E-state index in [1.807, 2.05) is 6.92 Å². The number of hydrogen-bond donors (Lipinski definition) is 1. The normalized spacial score (nSPS) is 26.8. The molecule has 0 spiro atoms. The second-order valence-corrected chi connectivity index (χ2v) is 4.55. The van der Waals surface area contributed by atoms with Gasteiger partial charge in [0, 0.05) is 19.6 Å². The van der Waals surface area contributed by atoms with Gasteiger partial charge in [-0.3, -0.25) is 4.79 Å². The third kappa shape index (κ3) is 2.02. The molecule has 1 saturated carbocycles. The van der Waals surface area contributed by atoms with Gasteiger partial charge >= 0.3 is 5.97 Å². The molecule has 1 unspecified atom stereocenters. The van der Waals surface area contributed by atoms with Crippen molar-refractivity contribution in [1.82, 2.24) is 4.90 Å². The van der Waals surface area contributed by atoms with Crippen LogP contribution < -0.4 is 0 Å². The quantitative estimate of drug-likeness (QED) is 0.708. The molecule has 13 heavy (non-hydrogen) atoms. The van der Waals surface area contributed by atoms with Crippen LogP contribution in [0, 0.1) is 17.8 Å². The van der Waals surface area contributed by atoms with Crippen molar-refractivity contribution >= 4 is 5.97 Å². The summed E-state index contributed by atoms with van der Waals surface area (Å²) in [6, 6.07) is 0. The first-order chi connectivity index (χ1) is 6.16. The zero-order valence-corrected chi connectivity index (χ0v) is 8.07. The summed E-state index contributed by atoms with van der Waals surface area (Å²) in [5, 5.41) is 8.78. The summed E-state index contributed by atoms with van der Waals surface area (Å²) in [6.07, 6.45) is 2.77. The van der Waals surface area contributed by atoms with Crippen LogP contribution in [0.1, 0.15) is 19.8 Å². The molecule has 2 aliphatic rings. The maximum absolute atomic E-state index is 10.7. The van der Waals surface area contributed by atoms with Crippen LogP contribution in [0.15, 0.2) is 0 Å². The highest BCUT2D eigenvalue weighted by Crippen LogP contribution is 2.33. The first kappa shape index (κ1) is 9.00. The van der Waals surface area contributed by atoms with Crippen molar-refractivity contribution in [3.8, 4) is 0 Å². The number of carboxylic acids is 1. The average Bonchev–Trinajstić information content (AvgIpc) is 2.77. The van der Waals surface area contributed by atoms with E-state index < -0.39 is 5.97 Å². The monoisotopic (exact) mass is 183 g/mol. The molecule has 0 bridgehead atoms. The van der Waals surface area contributed by atoms with Crippen molar-refractivity contribution in [1.29, 1.82) is 0 Å². The van der Waals surface area contributed by atoms with E-state index in [1.54, 1.807) is 0 Å². The molecule has 1 heterocycles. The largest absolute Gasteiger partial charge is 0.481 e. The zero-order valence-electron chi connectivity index (χ0n) is 8.07. The smallest absolute Gasteiger partial charge is 0.306 e. The minimum Gasteiger partial charge on any atom is -0.481 e. The highest BCUT2D eigenvalue weighted by Gasteiger charge is 2.36. The predicted octanol–water partition coefficient (Wildman–Crippen LogP) is 1.05. The van der Waals surface area contributed by atoms with Crippen molar-refractivity contribution in [3.05, 3.63) is 0 Å². The van der Waals surface area contributed by atoms with Gasteiger partial charge in [-0.2, -0.15) is 0 Å². The maximum Gasteiger partial charge on any atom is 0.306 e. The Hall–Kier alpha value is -0.570. The van der Waals surface area contributed by atoms with Gasteiger partial charge < -0.3 is 10.0 Å². The summed E-state index contributed by atoms with van der Waals surface area (Å²) in [5.41, 5.74) is 0. The molecule has 0 radical (unpaired) electrons. The second-order valence-electron chi connectivity index (χ2n) is 4.55. The minimum atomic E-state index is -0.643.